The van der Waals surface area contributed by atoms with Crippen LogP contribution >= 0.6 is 22.6 Å². The van der Waals surface area contributed by atoms with Crippen molar-refractivity contribution in [2.24, 2.45) is 0 Å². The van der Waals surface area contributed by atoms with Gasteiger partial charge in [-0.2, -0.15) is 0 Å². The van der Waals surface area contributed by atoms with Gasteiger partial charge in [0.15, 0.2) is 0 Å². The summed E-state index contributed by atoms with van der Waals surface area (Å²) in [5.41, 5.74) is 0. The Hall–Kier alpha value is -0.330. The minimum absolute atomic E-state index is 0.165. The highest BCUT2D eigenvalue weighted by atomic mass is 127. The number of alkyl halides is 1. The molecule has 0 saturated heterocycles. The monoisotopic (exact) mass is 256 g/mol. The van der Waals surface area contributed by atoms with Gasteiger partial charge >= 0.3 is 0 Å². The number of rotatable bonds is 4. The van der Waals surface area contributed by atoms with Crippen LogP contribution < -0.4 is 10.6 Å². The lowest BCUT2D eigenvalue weighted by Crippen LogP contribution is -2.43. The van der Waals surface area contributed by atoms with Crippen LogP contribution in [0.1, 0.15) is 0 Å². The fourth-order valence-corrected chi connectivity index (χ4v) is 1.10. The van der Waals surface area contributed by atoms with E-state index in [9.17, 15) is 9.59 Å². The molecule has 0 bridgehead atoms. The maximum absolute atomic E-state index is 10.8. The first kappa shape index (κ1) is 9.67. The van der Waals surface area contributed by atoms with Gasteiger partial charge in [-0.15, -0.1) is 0 Å². The van der Waals surface area contributed by atoms with Crippen molar-refractivity contribution < 1.29 is 9.59 Å². The van der Waals surface area contributed by atoms with Gasteiger partial charge in [0.05, 0.1) is 0 Å². The molecule has 0 spiro atoms. The van der Waals surface area contributed by atoms with E-state index in [2.05, 4.69) is 10.6 Å². The average Bonchev–Trinajstić information content (AvgIpc) is 1.99. The second-order valence-corrected chi connectivity index (χ2v) is 2.49. The highest BCUT2D eigenvalue weighted by molar-refractivity contribution is 14.1. The van der Waals surface area contributed by atoms with Crippen molar-refractivity contribution in [3.8, 4) is 0 Å². The molecule has 0 aliphatic carbocycles. The van der Waals surface area contributed by atoms with Crippen molar-refractivity contribution in [1.29, 1.82) is 0 Å². The number of amides is 2. The topological polar surface area (TPSA) is 58.2 Å². The van der Waals surface area contributed by atoms with E-state index in [1.54, 1.807) is 0 Å². The Balaban J connectivity index is 3.79. The lowest BCUT2D eigenvalue weighted by Gasteiger charge is -2.09. The number of carbonyl (C=O) groups excluding carboxylic acids is 2. The Bertz CT molecular complexity index is 129. The van der Waals surface area contributed by atoms with E-state index < -0.39 is 6.04 Å². The average molecular weight is 256 g/mol. The molecule has 0 unspecified atom stereocenters. The van der Waals surface area contributed by atoms with Gasteiger partial charge in [-0.1, -0.05) is 22.6 Å². The van der Waals surface area contributed by atoms with Crippen LogP contribution in [-0.4, -0.2) is 29.8 Å². The molecule has 58 valence electrons. The third-order valence-electron chi connectivity index (χ3n) is 0.986. The molecule has 2 N–H and O–H groups in total. The zero-order valence-electron chi connectivity index (χ0n) is 5.56. The van der Waals surface area contributed by atoms with E-state index in [1.165, 1.54) is 7.05 Å². The Morgan fingerprint density at radius 3 is 2.70 bits per heavy atom. The van der Waals surface area contributed by atoms with E-state index >= 15 is 0 Å². The number of nitrogens with one attached hydrogen (secondary N) is 2. The minimum Gasteiger partial charge on any atom is -0.357 e. The van der Waals surface area contributed by atoms with Crippen LogP contribution in [0.4, 0.5) is 0 Å². The molecule has 0 fully saturated rings. The van der Waals surface area contributed by atoms with E-state index in [1.807, 2.05) is 22.6 Å². The van der Waals surface area contributed by atoms with E-state index in [0.29, 0.717) is 10.8 Å². The molecule has 0 saturated carbocycles. The van der Waals surface area contributed by atoms with Crippen molar-refractivity contribution >= 4 is 34.9 Å². The number of likely N-dealkylation sites (N-methyl/N-ethyl adjacent to an activating group) is 1. The van der Waals surface area contributed by atoms with Gasteiger partial charge in [-0.25, -0.2) is 0 Å². The standard InChI is InChI=1S/C5H9IN2O2/c1-7-5(10)4(2-6)8-3-9/h3-4H,2H2,1H3,(H,7,10)(H,8,9)/t4-/m0/s1. The molecule has 4 nitrogen and oxygen atoms in total. The molecule has 0 aromatic carbocycles. The van der Waals surface area contributed by atoms with Crippen LogP contribution in [0.25, 0.3) is 0 Å². The van der Waals surface area contributed by atoms with Crippen molar-refractivity contribution in [2.75, 3.05) is 11.5 Å². The zero-order valence-corrected chi connectivity index (χ0v) is 7.71. The molecule has 0 aromatic rings. The summed E-state index contributed by atoms with van der Waals surface area (Å²) in [6, 6.07) is -0.400. The summed E-state index contributed by atoms with van der Waals surface area (Å²) in [5, 5.41) is 4.82. The van der Waals surface area contributed by atoms with Crippen LogP contribution in [-0.2, 0) is 9.59 Å². The molecule has 2 amide bonds. The Kier molecular flexibility index (Phi) is 5.27. The van der Waals surface area contributed by atoms with Gasteiger partial charge in [0.1, 0.15) is 6.04 Å². The Morgan fingerprint density at radius 2 is 2.40 bits per heavy atom. The summed E-state index contributed by atoms with van der Waals surface area (Å²) in [4.78, 5) is 20.7. The second-order valence-electron chi connectivity index (χ2n) is 1.61. The molecular formula is C5H9IN2O2. The quantitative estimate of drug-likeness (QED) is 0.396. The predicted molar refractivity (Wildman–Crippen MR) is 45.9 cm³/mol. The summed E-state index contributed by atoms with van der Waals surface area (Å²) < 4.78 is 0.580. The minimum atomic E-state index is -0.400. The molecule has 0 aliphatic rings. The van der Waals surface area contributed by atoms with Gasteiger partial charge in [0.25, 0.3) is 0 Å². The first-order valence-electron chi connectivity index (χ1n) is 2.73. The molecule has 0 heterocycles. The molecule has 0 aliphatic heterocycles. The zero-order chi connectivity index (χ0) is 7.98. The van der Waals surface area contributed by atoms with E-state index in [-0.39, 0.29) is 5.91 Å². The normalized spacial score (nSPS) is 11.8. The largest absolute Gasteiger partial charge is 0.357 e. The summed E-state index contributed by atoms with van der Waals surface area (Å²) in [6.45, 7) is 0. The number of carbonyl (C=O) groups is 2. The molecular weight excluding hydrogens is 247 g/mol. The smallest absolute Gasteiger partial charge is 0.243 e. The Labute approximate surface area is 72.9 Å². The molecule has 10 heavy (non-hydrogen) atoms. The first-order chi connectivity index (χ1) is 4.76. The third kappa shape index (κ3) is 3.00. The fourth-order valence-electron chi connectivity index (χ4n) is 0.447. The summed E-state index contributed by atoms with van der Waals surface area (Å²) >= 11 is 2.03. The van der Waals surface area contributed by atoms with Gasteiger partial charge in [0, 0.05) is 11.5 Å². The number of halogens is 1. The van der Waals surface area contributed by atoms with Crippen LogP contribution in [0.2, 0.25) is 0 Å². The van der Waals surface area contributed by atoms with Crippen molar-refractivity contribution in [2.45, 2.75) is 6.04 Å². The van der Waals surface area contributed by atoms with Gasteiger partial charge in [-0.3, -0.25) is 9.59 Å². The molecule has 5 heteroatoms. The van der Waals surface area contributed by atoms with Crippen LogP contribution in [0.3, 0.4) is 0 Å². The Morgan fingerprint density at radius 1 is 1.80 bits per heavy atom. The third-order valence-corrected chi connectivity index (χ3v) is 1.87. The van der Waals surface area contributed by atoms with Crippen LogP contribution in [0, 0.1) is 0 Å². The summed E-state index contributed by atoms with van der Waals surface area (Å²) in [5.74, 6) is -0.165. The maximum atomic E-state index is 10.8. The van der Waals surface area contributed by atoms with Crippen molar-refractivity contribution in [1.82, 2.24) is 10.6 Å². The first-order valence-corrected chi connectivity index (χ1v) is 4.26. The lowest BCUT2D eigenvalue weighted by molar-refractivity contribution is -0.124. The fraction of sp³-hybridized carbons (Fsp3) is 0.600. The summed E-state index contributed by atoms with van der Waals surface area (Å²) in [7, 11) is 1.54. The van der Waals surface area contributed by atoms with Crippen LogP contribution in [0.5, 0.6) is 0 Å². The van der Waals surface area contributed by atoms with Crippen molar-refractivity contribution in [3.63, 3.8) is 0 Å². The van der Waals surface area contributed by atoms with Gasteiger partial charge < -0.3 is 10.6 Å². The highest BCUT2D eigenvalue weighted by Crippen LogP contribution is 1.89. The summed E-state index contributed by atoms with van der Waals surface area (Å²) in [6.07, 6.45) is 0.526. The van der Waals surface area contributed by atoms with Crippen molar-refractivity contribution in [3.05, 3.63) is 0 Å². The molecule has 0 radical (unpaired) electrons. The predicted octanol–water partition coefficient (Wildman–Crippen LogP) is -0.718. The second kappa shape index (κ2) is 5.45. The van der Waals surface area contributed by atoms with E-state index in [0.717, 1.165) is 0 Å². The van der Waals surface area contributed by atoms with Gasteiger partial charge in [-0.05, 0) is 0 Å². The molecule has 1 atom stereocenters. The van der Waals surface area contributed by atoms with Crippen LogP contribution in [0.15, 0.2) is 0 Å². The lowest BCUT2D eigenvalue weighted by atomic mass is 10.3. The molecule has 0 rings (SSSR count). The van der Waals surface area contributed by atoms with E-state index in [4.69, 9.17) is 0 Å². The number of hydrogen-bond acceptors (Lipinski definition) is 2. The maximum Gasteiger partial charge on any atom is 0.243 e. The number of hydrogen-bond donors (Lipinski definition) is 2. The highest BCUT2D eigenvalue weighted by Gasteiger charge is 2.12. The van der Waals surface area contributed by atoms with Gasteiger partial charge in [0.2, 0.25) is 12.3 Å². The SMILES string of the molecule is CNC(=O)[C@H](CI)NC=O. The molecule has 0 aromatic heterocycles.